The first kappa shape index (κ1) is 20.2. The molecular weight excluding hydrogens is 384 g/mol. The lowest BCUT2D eigenvalue weighted by molar-refractivity contribution is -0.124. The number of esters is 1. The zero-order chi connectivity index (χ0) is 21.3. The van der Waals surface area contributed by atoms with E-state index in [2.05, 4.69) is 28.3 Å². The fourth-order valence-electron chi connectivity index (χ4n) is 4.00. The topological polar surface area (TPSA) is 94.7 Å². The Kier molecular flexibility index (Phi) is 5.59. The molecule has 1 aromatic heterocycles. The van der Waals surface area contributed by atoms with Gasteiger partial charge in [0.15, 0.2) is 0 Å². The standard InChI is InChI=1S/C22H26N4O4/c1-3-30-21(28)20-19(15-7-9-25(2)10-8-15)16-12-14(4-5-17(16)24-20)6-11-26-18(27)13-23-22(26)29/h4-5,7,12,24H,3,6,8-11,13H2,1-2H3,(H,23,29). The molecule has 158 valence electrons. The molecule has 0 saturated carbocycles. The van der Waals surface area contributed by atoms with Crippen molar-refractivity contribution >= 4 is 34.4 Å². The molecule has 8 heteroatoms. The van der Waals surface area contributed by atoms with Gasteiger partial charge in [0, 0.05) is 36.1 Å². The molecule has 0 atom stereocenters. The normalized spacial score (nSPS) is 17.4. The minimum absolute atomic E-state index is 0.0608. The number of aromatic amines is 1. The van der Waals surface area contributed by atoms with Gasteiger partial charge in [-0.15, -0.1) is 0 Å². The van der Waals surface area contributed by atoms with E-state index in [4.69, 9.17) is 4.74 Å². The van der Waals surface area contributed by atoms with E-state index in [1.54, 1.807) is 6.92 Å². The van der Waals surface area contributed by atoms with Crippen molar-refractivity contribution in [1.29, 1.82) is 0 Å². The SMILES string of the molecule is CCOC(=O)c1[nH]c2ccc(CCN3C(=O)CNC3=O)cc2c1C1=CCN(C)CC1. The predicted molar refractivity (Wildman–Crippen MR) is 113 cm³/mol. The quantitative estimate of drug-likeness (QED) is 0.562. The molecule has 2 aliphatic heterocycles. The predicted octanol–water partition coefficient (Wildman–Crippen LogP) is 2.16. The van der Waals surface area contributed by atoms with Gasteiger partial charge in [0.05, 0.1) is 13.2 Å². The monoisotopic (exact) mass is 410 g/mol. The van der Waals surface area contributed by atoms with Crippen molar-refractivity contribution in [2.24, 2.45) is 0 Å². The van der Waals surface area contributed by atoms with Gasteiger partial charge in [0.25, 0.3) is 0 Å². The molecular formula is C22H26N4O4. The summed E-state index contributed by atoms with van der Waals surface area (Å²) in [6.45, 7) is 4.25. The van der Waals surface area contributed by atoms with Crippen molar-refractivity contribution in [2.45, 2.75) is 19.8 Å². The minimum atomic E-state index is -0.357. The van der Waals surface area contributed by atoms with E-state index in [9.17, 15) is 14.4 Å². The van der Waals surface area contributed by atoms with E-state index in [0.717, 1.165) is 47.1 Å². The minimum Gasteiger partial charge on any atom is -0.461 e. The van der Waals surface area contributed by atoms with Crippen LogP contribution in [0.15, 0.2) is 24.3 Å². The van der Waals surface area contributed by atoms with Crippen molar-refractivity contribution in [1.82, 2.24) is 20.1 Å². The van der Waals surface area contributed by atoms with Gasteiger partial charge in [0.1, 0.15) is 5.69 Å². The van der Waals surface area contributed by atoms with Crippen LogP contribution in [0.1, 0.15) is 35.0 Å². The van der Waals surface area contributed by atoms with Crippen molar-refractivity contribution < 1.29 is 19.1 Å². The molecule has 3 amide bonds. The van der Waals surface area contributed by atoms with Crippen molar-refractivity contribution in [3.05, 3.63) is 41.1 Å². The maximum absolute atomic E-state index is 12.6. The zero-order valence-corrected chi connectivity index (χ0v) is 17.3. The number of hydrogen-bond donors (Lipinski definition) is 2. The molecule has 0 aliphatic carbocycles. The molecule has 0 unspecified atom stereocenters. The maximum Gasteiger partial charge on any atom is 0.355 e. The van der Waals surface area contributed by atoms with Gasteiger partial charge in [-0.05, 0) is 50.1 Å². The van der Waals surface area contributed by atoms with Gasteiger partial charge in [-0.2, -0.15) is 0 Å². The number of urea groups is 1. The summed E-state index contributed by atoms with van der Waals surface area (Å²) in [6.07, 6.45) is 3.56. The van der Waals surface area contributed by atoms with E-state index < -0.39 is 0 Å². The Hall–Kier alpha value is -3.13. The van der Waals surface area contributed by atoms with Crippen LogP contribution in [-0.2, 0) is 16.0 Å². The van der Waals surface area contributed by atoms with E-state index in [1.165, 1.54) is 4.90 Å². The molecule has 0 radical (unpaired) electrons. The molecule has 30 heavy (non-hydrogen) atoms. The summed E-state index contributed by atoms with van der Waals surface area (Å²) < 4.78 is 5.28. The van der Waals surface area contributed by atoms with Crippen LogP contribution in [0.5, 0.6) is 0 Å². The summed E-state index contributed by atoms with van der Waals surface area (Å²) in [5.74, 6) is -0.561. The first-order valence-electron chi connectivity index (χ1n) is 10.3. The Bertz CT molecular complexity index is 1020. The summed E-state index contributed by atoms with van der Waals surface area (Å²) in [5.41, 5.74) is 4.38. The second-order valence-corrected chi connectivity index (χ2v) is 7.67. The van der Waals surface area contributed by atoms with Gasteiger partial charge in [0.2, 0.25) is 5.91 Å². The number of fused-ring (bicyclic) bond motifs is 1. The number of amides is 3. The second-order valence-electron chi connectivity index (χ2n) is 7.67. The number of ether oxygens (including phenoxy) is 1. The number of carbonyl (C=O) groups excluding carboxylic acids is 3. The Morgan fingerprint density at radius 2 is 2.10 bits per heavy atom. The highest BCUT2D eigenvalue weighted by molar-refractivity contribution is 6.05. The highest BCUT2D eigenvalue weighted by Crippen LogP contribution is 2.33. The molecule has 1 saturated heterocycles. The summed E-state index contributed by atoms with van der Waals surface area (Å²) >= 11 is 0. The number of imide groups is 1. The van der Waals surface area contributed by atoms with Crippen LogP contribution in [0.2, 0.25) is 0 Å². The Morgan fingerprint density at radius 3 is 2.77 bits per heavy atom. The molecule has 3 heterocycles. The smallest absolute Gasteiger partial charge is 0.355 e. The third kappa shape index (κ3) is 3.82. The molecule has 2 N–H and O–H groups in total. The molecule has 1 fully saturated rings. The molecule has 8 nitrogen and oxygen atoms in total. The van der Waals surface area contributed by atoms with Crippen molar-refractivity contribution in [2.75, 3.05) is 39.8 Å². The van der Waals surface area contributed by atoms with Crippen LogP contribution in [0.3, 0.4) is 0 Å². The molecule has 4 rings (SSSR count). The van der Waals surface area contributed by atoms with Gasteiger partial charge in [-0.25, -0.2) is 9.59 Å². The fraction of sp³-hybridized carbons (Fsp3) is 0.409. The number of H-pyrrole nitrogens is 1. The lowest BCUT2D eigenvalue weighted by Gasteiger charge is -2.22. The molecule has 0 spiro atoms. The number of nitrogens with zero attached hydrogens (tertiary/aromatic N) is 2. The van der Waals surface area contributed by atoms with Gasteiger partial charge < -0.3 is 19.9 Å². The average molecular weight is 410 g/mol. The largest absolute Gasteiger partial charge is 0.461 e. The van der Waals surface area contributed by atoms with Crippen LogP contribution in [0, 0.1) is 0 Å². The third-order valence-corrected chi connectivity index (χ3v) is 5.64. The number of rotatable bonds is 6. The fourth-order valence-corrected chi connectivity index (χ4v) is 4.00. The van der Waals surface area contributed by atoms with Crippen LogP contribution < -0.4 is 5.32 Å². The molecule has 2 aliphatic rings. The third-order valence-electron chi connectivity index (χ3n) is 5.64. The first-order valence-corrected chi connectivity index (χ1v) is 10.3. The van der Waals surface area contributed by atoms with E-state index in [0.29, 0.717) is 25.3 Å². The Morgan fingerprint density at radius 1 is 1.27 bits per heavy atom. The van der Waals surface area contributed by atoms with Crippen LogP contribution >= 0.6 is 0 Å². The van der Waals surface area contributed by atoms with Crippen molar-refractivity contribution in [3.8, 4) is 0 Å². The Labute approximate surface area is 174 Å². The van der Waals surface area contributed by atoms with E-state index in [-0.39, 0.29) is 24.5 Å². The number of benzene rings is 1. The maximum atomic E-state index is 12.6. The van der Waals surface area contributed by atoms with Gasteiger partial charge in [-0.1, -0.05) is 12.1 Å². The van der Waals surface area contributed by atoms with Gasteiger partial charge >= 0.3 is 12.0 Å². The van der Waals surface area contributed by atoms with Crippen LogP contribution in [0.25, 0.3) is 16.5 Å². The van der Waals surface area contributed by atoms with Gasteiger partial charge in [-0.3, -0.25) is 9.69 Å². The average Bonchev–Trinajstić information content (AvgIpc) is 3.27. The molecule has 0 bridgehead atoms. The number of aromatic nitrogens is 1. The summed E-state index contributed by atoms with van der Waals surface area (Å²) in [6, 6.07) is 5.60. The number of hydrogen-bond acceptors (Lipinski definition) is 5. The highest BCUT2D eigenvalue weighted by Gasteiger charge is 2.28. The highest BCUT2D eigenvalue weighted by atomic mass is 16.5. The lowest BCUT2D eigenvalue weighted by atomic mass is 9.95. The summed E-state index contributed by atoms with van der Waals surface area (Å²) in [4.78, 5) is 42.9. The number of carbonyl (C=O) groups is 3. The van der Waals surface area contributed by atoms with Crippen molar-refractivity contribution in [3.63, 3.8) is 0 Å². The number of likely N-dealkylation sites (N-methyl/N-ethyl adjacent to an activating group) is 1. The van der Waals surface area contributed by atoms with Crippen LogP contribution in [0.4, 0.5) is 4.79 Å². The van der Waals surface area contributed by atoms with Crippen LogP contribution in [-0.4, -0.2) is 72.5 Å². The van der Waals surface area contributed by atoms with E-state index >= 15 is 0 Å². The second kappa shape index (κ2) is 8.31. The lowest BCUT2D eigenvalue weighted by Crippen LogP contribution is -2.32. The Balaban J connectivity index is 1.69. The summed E-state index contributed by atoms with van der Waals surface area (Å²) in [5, 5.41) is 3.50. The number of nitrogens with one attached hydrogen (secondary N) is 2. The zero-order valence-electron chi connectivity index (χ0n) is 17.3. The summed E-state index contributed by atoms with van der Waals surface area (Å²) in [7, 11) is 2.07. The molecule has 2 aromatic rings. The first-order chi connectivity index (χ1) is 14.5. The van der Waals surface area contributed by atoms with E-state index in [1.807, 2.05) is 18.2 Å². The molecule has 1 aromatic carbocycles.